The van der Waals surface area contributed by atoms with Crippen molar-refractivity contribution in [1.82, 2.24) is 4.31 Å². The second kappa shape index (κ2) is 9.56. The molecule has 0 aromatic heterocycles. The number of hydrogen-bond acceptors (Lipinski definition) is 4. The number of carbonyl (C=O) groups excluding carboxylic acids is 1. The summed E-state index contributed by atoms with van der Waals surface area (Å²) in [7, 11) is -3.90. The van der Waals surface area contributed by atoms with Crippen LogP contribution in [0.15, 0.2) is 71.6 Å². The van der Waals surface area contributed by atoms with E-state index in [4.69, 9.17) is 0 Å². The fourth-order valence-electron chi connectivity index (χ4n) is 4.09. The van der Waals surface area contributed by atoms with Crippen molar-refractivity contribution >= 4 is 27.3 Å². The quantitative estimate of drug-likeness (QED) is 0.579. The van der Waals surface area contributed by atoms with Gasteiger partial charge in [0.15, 0.2) is 0 Å². The molecule has 1 N–H and O–H groups in total. The molecule has 0 radical (unpaired) electrons. The molecule has 1 saturated heterocycles. The van der Waals surface area contributed by atoms with Gasteiger partial charge in [0.2, 0.25) is 10.0 Å². The molecule has 1 heterocycles. The number of nitrogens with zero attached hydrogens (tertiary/aromatic N) is 2. The molecule has 1 amide bonds. The highest BCUT2D eigenvalue weighted by molar-refractivity contribution is 7.89. The van der Waals surface area contributed by atoms with Crippen LogP contribution in [-0.4, -0.2) is 44.3 Å². The van der Waals surface area contributed by atoms with E-state index in [1.807, 2.05) is 57.2 Å². The van der Waals surface area contributed by atoms with Gasteiger partial charge in [-0.3, -0.25) is 4.79 Å². The first kappa shape index (κ1) is 23.9. The number of rotatable bonds is 5. The molecule has 1 aliphatic rings. The van der Waals surface area contributed by atoms with E-state index in [1.165, 1.54) is 10.4 Å². The van der Waals surface area contributed by atoms with Gasteiger partial charge in [-0.1, -0.05) is 35.4 Å². The summed E-state index contributed by atoms with van der Waals surface area (Å²) in [6.45, 7) is 7.04. The van der Waals surface area contributed by atoms with Crippen molar-refractivity contribution in [3.8, 4) is 0 Å². The molecule has 8 heteroatoms. The number of nitrogens with one attached hydrogen (secondary N) is 1. The zero-order valence-electron chi connectivity index (χ0n) is 19.5. The lowest BCUT2D eigenvalue weighted by Gasteiger charge is -2.40. The molecule has 6 nitrogen and oxygen atoms in total. The van der Waals surface area contributed by atoms with E-state index in [9.17, 15) is 17.6 Å². The van der Waals surface area contributed by atoms with Crippen molar-refractivity contribution < 1.29 is 17.6 Å². The number of carbonyl (C=O) groups is 1. The number of aryl methyl sites for hydroxylation is 2. The Morgan fingerprint density at radius 1 is 0.941 bits per heavy atom. The van der Waals surface area contributed by atoms with Crippen LogP contribution in [0, 0.1) is 19.7 Å². The summed E-state index contributed by atoms with van der Waals surface area (Å²) in [4.78, 5) is 14.8. The Labute approximate surface area is 200 Å². The van der Waals surface area contributed by atoms with Gasteiger partial charge >= 0.3 is 0 Å². The van der Waals surface area contributed by atoms with Crippen molar-refractivity contribution in [1.29, 1.82) is 0 Å². The summed E-state index contributed by atoms with van der Waals surface area (Å²) in [5.74, 6) is -1.47. The van der Waals surface area contributed by atoms with Crippen LogP contribution in [0.2, 0.25) is 0 Å². The highest BCUT2D eigenvalue weighted by Gasteiger charge is 2.33. The smallest absolute Gasteiger partial charge is 0.258 e. The topological polar surface area (TPSA) is 69.7 Å². The predicted octanol–water partition coefficient (Wildman–Crippen LogP) is 4.59. The van der Waals surface area contributed by atoms with E-state index in [2.05, 4.69) is 10.2 Å². The van der Waals surface area contributed by atoms with Gasteiger partial charge in [-0.15, -0.1) is 0 Å². The summed E-state index contributed by atoms with van der Waals surface area (Å²) in [5.41, 5.74) is 3.43. The molecule has 34 heavy (non-hydrogen) atoms. The Morgan fingerprint density at radius 2 is 1.56 bits per heavy atom. The fourth-order valence-corrected chi connectivity index (χ4v) is 5.62. The summed E-state index contributed by atoms with van der Waals surface area (Å²) < 4.78 is 42.6. The number of halogens is 1. The number of sulfonamides is 1. The monoisotopic (exact) mass is 481 g/mol. The summed E-state index contributed by atoms with van der Waals surface area (Å²) in [6.07, 6.45) is 0. The molecule has 1 atom stereocenters. The number of anilines is 2. The molecule has 0 bridgehead atoms. The molecule has 1 aliphatic heterocycles. The minimum absolute atomic E-state index is 0.0454. The third-order valence-electron chi connectivity index (χ3n) is 6.09. The van der Waals surface area contributed by atoms with Gasteiger partial charge in [-0.2, -0.15) is 4.31 Å². The van der Waals surface area contributed by atoms with Crippen LogP contribution >= 0.6 is 0 Å². The second-order valence-electron chi connectivity index (χ2n) is 8.70. The Morgan fingerprint density at radius 3 is 2.18 bits per heavy atom. The molecule has 0 spiro atoms. The molecule has 3 aromatic carbocycles. The third-order valence-corrected chi connectivity index (χ3v) is 7.95. The van der Waals surface area contributed by atoms with Crippen LogP contribution < -0.4 is 10.2 Å². The van der Waals surface area contributed by atoms with Crippen molar-refractivity contribution in [3.05, 3.63) is 89.2 Å². The van der Waals surface area contributed by atoms with E-state index in [1.54, 1.807) is 12.1 Å². The minimum Gasteiger partial charge on any atom is -0.366 e. The second-order valence-corrected chi connectivity index (χ2v) is 10.6. The standard InChI is InChI=1S/C26H28FN3O3S/c1-18-4-8-21(9-5-18)28-26(31)24-16-23(12-13-25(24)27)34(32,33)29-14-15-30(20(3)17-29)22-10-6-19(2)7-11-22/h4-13,16,20H,14-15,17H2,1-3H3,(H,28,31). The average Bonchev–Trinajstić information content (AvgIpc) is 2.81. The molecule has 3 aromatic rings. The zero-order valence-corrected chi connectivity index (χ0v) is 20.3. The molecule has 178 valence electrons. The molecule has 0 aliphatic carbocycles. The lowest BCUT2D eigenvalue weighted by molar-refractivity contribution is 0.102. The van der Waals surface area contributed by atoms with Crippen LogP contribution in [0.5, 0.6) is 0 Å². The molecular formula is C26H28FN3O3S. The molecular weight excluding hydrogens is 453 g/mol. The van der Waals surface area contributed by atoms with Crippen molar-refractivity contribution in [2.45, 2.75) is 31.7 Å². The van der Waals surface area contributed by atoms with Gasteiger partial charge in [0.25, 0.3) is 5.91 Å². The van der Waals surface area contributed by atoms with Crippen LogP contribution in [0.3, 0.4) is 0 Å². The van der Waals surface area contributed by atoms with Gasteiger partial charge in [0.05, 0.1) is 10.5 Å². The van der Waals surface area contributed by atoms with E-state index >= 15 is 0 Å². The minimum atomic E-state index is -3.90. The lowest BCUT2D eigenvalue weighted by Crippen LogP contribution is -2.53. The Bertz CT molecular complexity index is 1290. The SMILES string of the molecule is Cc1ccc(NC(=O)c2cc(S(=O)(=O)N3CCN(c4ccc(C)cc4)C(C)C3)ccc2F)cc1. The molecule has 0 saturated carbocycles. The van der Waals surface area contributed by atoms with Crippen LogP contribution in [0.25, 0.3) is 0 Å². The first-order valence-electron chi connectivity index (χ1n) is 11.2. The van der Waals surface area contributed by atoms with Crippen molar-refractivity contribution in [2.75, 3.05) is 29.9 Å². The Balaban J connectivity index is 1.52. The van der Waals surface area contributed by atoms with Gasteiger partial charge in [0, 0.05) is 37.1 Å². The van der Waals surface area contributed by atoms with Gasteiger partial charge < -0.3 is 10.2 Å². The first-order valence-corrected chi connectivity index (χ1v) is 12.6. The highest BCUT2D eigenvalue weighted by atomic mass is 32.2. The number of amides is 1. The third kappa shape index (κ3) is 4.98. The van der Waals surface area contributed by atoms with Crippen LogP contribution in [0.4, 0.5) is 15.8 Å². The molecule has 1 fully saturated rings. The summed E-state index contributed by atoms with van der Waals surface area (Å²) in [6, 6.07) is 18.5. The van der Waals surface area contributed by atoms with Crippen LogP contribution in [-0.2, 0) is 10.0 Å². The van der Waals surface area contributed by atoms with Crippen molar-refractivity contribution in [2.24, 2.45) is 0 Å². The van der Waals surface area contributed by atoms with Crippen LogP contribution in [0.1, 0.15) is 28.4 Å². The maximum absolute atomic E-state index is 14.5. The number of piperazine rings is 1. The Kier molecular flexibility index (Phi) is 6.72. The maximum atomic E-state index is 14.5. The molecule has 4 rings (SSSR count). The van der Waals surface area contributed by atoms with Crippen molar-refractivity contribution in [3.63, 3.8) is 0 Å². The number of hydrogen-bond donors (Lipinski definition) is 1. The maximum Gasteiger partial charge on any atom is 0.258 e. The highest BCUT2D eigenvalue weighted by Crippen LogP contribution is 2.26. The Hall–Kier alpha value is -3.23. The van der Waals surface area contributed by atoms with Gasteiger partial charge in [0.1, 0.15) is 5.82 Å². The number of benzene rings is 3. The van der Waals surface area contributed by atoms with E-state index in [0.29, 0.717) is 25.3 Å². The normalized spacial score (nSPS) is 16.9. The first-order chi connectivity index (χ1) is 16.1. The average molecular weight is 482 g/mol. The summed E-state index contributed by atoms with van der Waals surface area (Å²) in [5, 5.41) is 2.63. The van der Waals surface area contributed by atoms with Gasteiger partial charge in [-0.25, -0.2) is 12.8 Å². The molecule has 1 unspecified atom stereocenters. The van der Waals surface area contributed by atoms with E-state index < -0.39 is 21.7 Å². The predicted molar refractivity (Wildman–Crippen MR) is 132 cm³/mol. The van der Waals surface area contributed by atoms with E-state index in [-0.39, 0.29) is 16.5 Å². The van der Waals surface area contributed by atoms with Gasteiger partial charge in [-0.05, 0) is 63.2 Å². The van der Waals surface area contributed by atoms with E-state index in [0.717, 1.165) is 28.9 Å². The summed E-state index contributed by atoms with van der Waals surface area (Å²) >= 11 is 0. The lowest BCUT2D eigenvalue weighted by atomic mass is 10.1. The zero-order chi connectivity index (χ0) is 24.5. The largest absolute Gasteiger partial charge is 0.366 e. The fraction of sp³-hybridized carbons (Fsp3) is 0.269.